The first-order valence-corrected chi connectivity index (χ1v) is 11.3. The molecule has 5 nitrogen and oxygen atoms in total. The first-order chi connectivity index (χ1) is 15.2. The maximum Gasteiger partial charge on any atom is 0.309 e. The SMILES string of the molecule is Cc1c(C=CC2CC(O)CC(=O)O2)c2c(c(C)c1OCc1ccccc1)CCC(C)(C)O2. The Balaban J connectivity index is 1.71. The second-order valence-corrected chi connectivity index (χ2v) is 9.42. The second-order valence-electron chi connectivity index (χ2n) is 9.42. The van der Waals surface area contributed by atoms with Crippen molar-refractivity contribution in [3.63, 3.8) is 0 Å². The van der Waals surface area contributed by atoms with Gasteiger partial charge in [0.25, 0.3) is 0 Å². The quantitative estimate of drug-likeness (QED) is 0.663. The molecule has 2 unspecified atom stereocenters. The zero-order valence-electron chi connectivity index (χ0n) is 19.3. The summed E-state index contributed by atoms with van der Waals surface area (Å²) < 4.78 is 18.2. The topological polar surface area (TPSA) is 65.0 Å². The minimum Gasteiger partial charge on any atom is -0.488 e. The normalized spacial score (nSPS) is 22.2. The summed E-state index contributed by atoms with van der Waals surface area (Å²) in [5.41, 5.74) is 5.07. The number of aliphatic hydroxyl groups is 1. The summed E-state index contributed by atoms with van der Waals surface area (Å²) in [6.45, 7) is 8.84. The van der Waals surface area contributed by atoms with Gasteiger partial charge in [-0.1, -0.05) is 36.4 Å². The van der Waals surface area contributed by atoms with Gasteiger partial charge in [0.05, 0.1) is 12.5 Å². The highest BCUT2D eigenvalue weighted by Gasteiger charge is 2.32. The van der Waals surface area contributed by atoms with Gasteiger partial charge in [0, 0.05) is 23.1 Å². The number of hydrogen-bond donors (Lipinski definition) is 1. The third-order valence-electron chi connectivity index (χ3n) is 6.31. The Hall–Kier alpha value is -2.79. The number of aliphatic hydroxyl groups excluding tert-OH is 1. The van der Waals surface area contributed by atoms with Gasteiger partial charge in [-0.25, -0.2) is 0 Å². The highest BCUT2D eigenvalue weighted by Crippen LogP contribution is 2.45. The van der Waals surface area contributed by atoms with E-state index in [0.29, 0.717) is 13.0 Å². The van der Waals surface area contributed by atoms with Crippen LogP contribution in [0.25, 0.3) is 6.08 Å². The third-order valence-corrected chi connectivity index (χ3v) is 6.31. The van der Waals surface area contributed by atoms with Crippen molar-refractivity contribution in [2.75, 3.05) is 0 Å². The summed E-state index contributed by atoms with van der Waals surface area (Å²) in [5, 5.41) is 9.94. The fourth-order valence-electron chi connectivity index (χ4n) is 4.49. The van der Waals surface area contributed by atoms with Gasteiger partial charge >= 0.3 is 5.97 Å². The summed E-state index contributed by atoms with van der Waals surface area (Å²) in [4.78, 5) is 11.7. The number of rotatable bonds is 5. The van der Waals surface area contributed by atoms with E-state index in [0.717, 1.165) is 46.6 Å². The van der Waals surface area contributed by atoms with Crippen LogP contribution in [-0.4, -0.2) is 28.9 Å². The van der Waals surface area contributed by atoms with E-state index in [4.69, 9.17) is 14.2 Å². The lowest BCUT2D eigenvalue weighted by atomic mass is 9.87. The number of carbonyl (C=O) groups is 1. The van der Waals surface area contributed by atoms with Crippen molar-refractivity contribution in [3.8, 4) is 11.5 Å². The van der Waals surface area contributed by atoms with Crippen LogP contribution >= 0.6 is 0 Å². The number of esters is 1. The number of carbonyl (C=O) groups excluding carboxylic acids is 1. The van der Waals surface area contributed by atoms with E-state index in [9.17, 15) is 9.90 Å². The van der Waals surface area contributed by atoms with Crippen molar-refractivity contribution in [2.24, 2.45) is 0 Å². The predicted octanol–water partition coefficient (Wildman–Crippen LogP) is 5.07. The molecule has 2 atom stereocenters. The van der Waals surface area contributed by atoms with Gasteiger partial charge in [0.1, 0.15) is 29.8 Å². The van der Waals surface area contributed by atoms with Gasteiger partial charge < -0.3 is 19.3 Å². The minimum absolute atomic E-state index is 0.0536. The summed E-state index contributed by atoms with van der Waals surface area (Å²) >= 11 is 0. The van der Waals surface area contributed by atoms with Crippen LogP contribution in [0.3, 0.4) is 0 Å². The van der Waals surface area contributed by atoms with E-state index < -0.39 is 12.2 Å². The molecule has 0 radical (unpaired) electrons. The van der Waals surface area contributed by atoms with Crippen LogP contribution in [-0.2, 0) is 22.6 Å². The Kier molecular flexibility index (Phi) is 6.29. The average molecular weight is 437 g/mol. The van der Waals surface area contributed by atoms with Crippen molar-refractivity contribution in [3.05, 3.63) is 64.2 Å². The lowest BCUT2D eigenvalue weighted by molar-refractivity contribution is -0.156. The Labute approximate surface area is 190 Å². The van der Waals surface area contributed by atoms with Crippen molar-refractivity contribution in [2.45, 2.75) is 77.8 Å². The van der Waals surface area contributed by atoms with E-state index in [-0.39, 0.29) is 18.0 Å². The highest BCUT2D eigenvalue weighted by atomic mass is 16.5. The van der Waals surface area contributed by atoms with Crippen LogP contribution in [0.1, 0.15) is 60.9 Å². The molecule has 2 aliphatic rings. The molecule has 0 saturated carbocycles. The highest BCUT2D eigenvalue weighted by molar-refractivity contribution is 5.73. The number of cyclic esters (lactones) is 1. The zero-order valence-corrected chi connectivity index (χ0v) is 19.3. The lowest BCUT2D eigenvalue weighted by Crippen LogP contribution is -2.33. The van der Waals surface area contributed by atoms with Gasteiger partial charge in [-0.3, -0.25) is 4.79 Å². The molecule has 0 bridgehead atoms. The minimum atomic E-state index is -0.668. The molecule has 1 fully saturated rings. The largest absolute Gasteiger partial charge is 0.488 e. The number of benzene rings is 2. The van der Waals surface area contributed by atoms with Gasteiger partial charge in [-0.2, -0.15) is 0 Å². The van der Waals surface area contributed by atoms with E-state index in [2.05, 4.69) is 32.9 Å². The standard InChI is InChI=1S/C27H32O5/c1-17-22(11-10-21-14-20(28)15-24(29)31-21)26-23(12-13-27(3,4)32-26)18(2)25(17)30-16-19-8-6-5-7-9-19/h5-11,20-21,28H,12-16H2,1-4H3. The van der Waals surface area contributed by atoms with Crippen LogP contribution in [0.4, 0.5) is 0 Å². The summed E-state index contributed by atoms with van der Waals surface area (Å²) in [6.07, 6.45) is 4.99. The van der Waals surface area contributed by atoms with Crippen LogP contribution in [0, 0.1) is 13.8 Å². The Morgan fingerprint density at radius 1 is 1.19 bits per heavy atom. The monoisotopic (exact) mass is 436 g/mol. The van der Waals surface area contributed by atoms with E-state index in [1.54, 1.807) is 0 Å². The molecule has 5 heteroatoms. The van der Waals surface area contributed by atoms with E-state index >= 15 is 0 Å². The molecule has 2 aliphatic heterocycles. The van der Waals surface area contributed by atoms with Crippen LogP contribution in [0.2, 0.25) is 0 Å². The van der Waals surface area contributed by atoms with E-state index in [1.165, 1.54) is 5.56 Å². The Bertz CT molecular complexity index is 1020. The predicted molar refractivity (Wildman–Crippen MR) is 124 cm³/mol. The molecule has 0 aromatic heterocycles. The molecule has 1 saturated heterocycles. The lowest BCUT2D eigenvalue weighted by Gasteiger charge is -2.36. The maximum absolute atomic E-state index is 11.7. The molecule has 4 rings (SSSR count). The van der Waals surface area contributed by atoms with Crippen molar-refractivity contribution >= 4 is 12.0 Å². The van der Waals surface area contributed by atoms with Crippen LogP contribution in [0.5, 0.6) is 11.5 Å². The number of hydrogen-bond acceptors (Lipinski definition) is 5. The Morgan fingerprint density at radius 2 is 1.94 bits per heavy atom. The molecule has 0 spiro atoms. The number of fused-ring (bicyclic) bond motifs is 1. The second kappa shape index (κ2) is 8.99. The first kappa shape index (κ1) is 22.4. The molecular weight excluding hydrogens is 404 g/mol. The number of ether oxygens (including phenoxy) is 3. The molecule has 2 aromatic rings. The molecular formula is C27H32O5. The Morgan fingerprint density at radius 3 is 2.66 bits per heavy atom. The van der Waals surface area contributed by atoms with Crippen LogP contribution < -0.4 is 9.47 Å². The van der Waals surface area contributed by atoms with Crippen molar-refractivity contribution in [1.82, 2.24) is 0 Å². The van der Waals surface area contributed by atoms with Crippen LogP contribution in [0.15, 0.2) is 36.4 Å². The molecule has 0 aliphatic carbocycles. The fraction of sp³-hybridized carbons (Fsp3) is 0.444. The van der Waals surface area contributed by atoms with Crippen molar-refractivity contribution in [1.29, 1.82) is 0 Å². The molecule has 0 amide bonds. The molecule has 1 N–H and O–H groups in total. The van der Waals surface area contributed by atoms with Gasteiger partial charge in [-0.05, 0) is 57.7 Å². The smallest absolute Gasteiger partial charge is 0.309 e. The van der Waals surface area contributed by atoms with Gasteiger partial charge in [-0.15, -0.1) is 0 Å². The summed E-state index contributed by atoms with van der Waals surface area (Å²) in [7, 11) is 0. The van der Waals surface area contributed by atoms with Gasteiger partial charge in [0.15, 0.2) is 0 Å². The first-order valence-electron chi connectivity index (χ1n) is 11.3. The fourth-order valence-corrected chi connectivity index (χ4v) is 4.49. The summed E-state index contributed by atoms with van der Waals surface area (Å²) in [5.74, 6) is 1.38. The molecule has 32 heavy (non-hydrogen) atoms. The third kappa shape index (κ3) is 4.83. The maximum atomic E-state index is 11.7. The zero-order chi connectivity index (χ0) is 22.9. The summed E-state index contributed by atoms with van der Waals surface area (Å²) in [6, 6.07) is 10.1. The molecule has 2 heterocycles. The van der Waals surface area contributed by atoms with E-state index in [1.807, 2.05) is 37.3 Å². The van der Waals surface area contributed by atoms with Crippen molar-refractivity contribution < 1.29 is 24.1 Å². The van der Waals surface area contributed by atoms with Gasteiger partial charge in [0.2, 0.25) is 0 Å². The average Bonchev–Trinajstić information content (AvgIpc) is 2.73. The molecule has 170 valence electrons. The molecule has 2 aromatic carbocycles.